The van der Waals surface area contributed by atoms with Crippen molar-refractivity contribution in [2.45, 2.75) is 64.8 Å². The van der Waals surface area contributed by atoms with Crippen LogP contribution in [0.5, 0.6) is 0 Å². The van der Waals surface area contributed by atoms with Gasteiger partial charge in [0.2, 0.25) is 0 Å². The zero-order valence-corrected chi connectivity index (χ0v) is 14.6. The van der Waals surface area contributed by atoms with Gasteiger partial charge in [-0.15, -0.1) is 11.3 Å². The molecule has 1 aromatic carbocycles. The van der Waals surface area contributed by atoms with Crippen molar-refractivity contribution in [1.29, 1.82) is 0 Å². The fraction of sp³-hybridized carbons (Fsp3) is 0.579. The lowest BCUT2D eigenvalue weighted by Crippen LogP contribution is -2.13. The summed E-state index contributed by atoms with van der Waals surface area (Å²) in [5, 5.41) is 5.12. The van der Waals surface area contributed by atoms with E-state index in [-0.39, 0.29) is 5.41 Å². The topological polar surface area (TPSA) is 12.0 Å². The Morgan fingerprint density at radius 1 is 1.24 bits per heavy atom. The van der Waals surface area contributed by atoms with Crippen LogP contribution in [0.1, 0.15) is 68.9 Å². The van der Waals surface area contributed by atoms with Crippen LogP contribution < -0.4 is 5.32 Å². The highest BCUT2D eigenvalue weighted by molar-refractivity contribution is 7.19. The van der Waals surface area contributed by atoms with Crippen LogP contribution in [0.3, 0.4) is 0 Å². The Labute approximate surface area is 132 Å². The molecule has 1 N–H and O–H groups in total. The Kier molecular flexibility index (Phi) is 4.11. The molecule has 0 amide bonds. The van der Waals surface area contributed by atoms with Gasteiger partial charge in [-0.2, -0.15) is 0 Å². The molecule has 0 saturated heterocycles. The number of fused-ring (bicyclic) bond motifs is 1. The van der Waals surface area contributed by atoms with E-state index in [0.29, 0.717) is 0 Å². The number of hydrogen-bond donors (Lipinski definition) is 1. The van der Waals surface area contributed by atoms with Crippen molar-refractivity contribution in [3.8, 4) is 0 Å². The number of rotatable bonds is 5. The van der Waals surface area contributed by atoms with Crippen molar-refractivity contribution in [3.63, 3.8) is 0 Å². The second-order valence-corrected chi connectivity index (χ2v) is 8.49. The molecule has 0 bridgehead atoms. The monoisotopic (exact) mass is 301 g/mol. The van der Waals surface area contributed by atoms with E-state index in [9.17, 15) is 0 Å². The molecule has 0 spiro atoms. The first-order chi connectivity index (χ1) is 10.0. The van der Waals surface area contributed by atoms with Gasteiger partial charge in [0.15, 0.2) is 0 Å². The highest BCUT2D eigenvalue weighted by atomic mass is 32.1. The van der Waals surface area contributed by atoms with E-state index in [1.807, 2.05) is 11.3 Å². The maximum Gasteiger partial charge on any atom is 0.0349 e. The molecule has 3 rings (SSSR count). The lowest BCUT2D eigenvalue weighted by Gasteiger charge is -2.19. The number of benzene rings is 1. The number of hydrogen-bond acceptors (Lipinski definition) is 2. The van der Waals surface area contributed by atoms with Crippen LogP contribution in [0, 0.1) is 0 Å². The summed E-state index contributed by atoms with van der Waals surface area (Å²) in [6.07, 6.45) is 3.97. The average Bonchev–Trinajstić information content (AvgIpc) is 3.19. The fourth-order valence-corrected chi connectivity index (χ4v) is 4.20. The smallest absolute Gasteiger partial charge is 0.0349 e. The second-order valence-electron chi connectivity index (χ2n) is 7.35. The molecule has 2 heteroatoms. The van der Waals surface area contributed by atoms with Gasteiger partial charge in [-0.05, 0) is 65.8 Å². The van der Waals surface area contributed by atoms with E-state index >= 15 is 0 Å². The van der Waals surface area contributed by atoms with Crippen molar-refractivity contribution in [3.05, 3.63) is 34.2 Å². The predicted octanol–water partition coefficient (Wildman–Crippen LogP) is 5.58. The van der Waals surface area contributed by atoms with Crippen molar-refractivity contribution < 1.29 is 0 Å². The van der Waals surface area contributed by atoms with Crippen molar-refractivity contribution in [2.24, 2.45) is 0 Å². The molecular weight excluding hydrogens is 274 g/mol. The van der Waals surface area contributed by atoms with Gasteiger partial charge in [-0.3, -0.25) is 0 Å². The lowest BCUT2D eigenvalue weighted by atomic mass is 9.86. The van der Waals surface area contributed by atoms with Gasteiger partial charge in [0, 0.05) is 16.1 Å². The van der Waals surface area contributed by atoms with Crippen molar-refractivity contribution in [1.82, 2.24) is 5.32 Å². The molecule has 0 aliphatic heterocycles. The molecule has 114 valence electrons. The van der Waals surface area contributed by atoms with Gasteiger partial charge in [0.1, 0.15) is 0 Å². The Morgan fingerprint density at radius 3 is 2.62 bits per heavy atom. The standard InChI is InChI=1S/C19H27NS/c1-5-10-20-12-17-18(13-6-7-13)15-11-14(19(2,3)4)8-9-16(15)21-17/h8-9,11,13,20H,5-7,10,12H2,1-4H3. The molecule has 0 radical (unpaired) electrons. The average molecular weight is 301 g/mol. The van der Waals surface area contributed by atoms with Crippen LogP contribution in [0.25, 0.3) is 10.1 Å². The van der Waals surface area contributed by atoms with Crippen molar-refractivity contribution in [2.75, 3.05) is 6.54 Å². The van der Waals surface area contributed by atoms with Crippen molar-refractivity contribution >= 4 is 21.4 Å². The molecule has 21 heavy (non-hydrogen) atoms. The van der Waals surface area contributed by atoms with Crippen LogP contribution in [-0.4, -0.2) is 6.54 Å². The van der Waals surface area contributed by atoms with E-state index in [1.165, 1.54) is 34.9 Å². The molecular formula is C19H27NS. The second kappa shape index (κ2) is 5.73. The van der Waals surface area contributed by atoms with Crippen LogP contribution in [-0.2, 0) is 12.0 Å². The predicted molar refractivity (Wildman–Crippen MR) is 94.5 cm³/mol. The third-order valence-corrected chi connectivity index (χ3v) is 5.55. The molecule has 0 unspecified atom stereocenters. The minimum Gasteiger partial charge on any atom is -0.312 e. The van der Waals surface area contributed by atoms with Crippen LogP contribution in [0.15, 0.2) is 18.2 Å². The molecule has 1 heterocycles. The fourth-order valence-electron chi connectivity index (χ4n) is 2.96. The molecule has 1 fully saturated rings. The summed E-state index contributed by atoms with van der Waals surface area (Å²) in [4.78, 5) is 1.58. The molecule has 0 atom stereocenters. The third-order valence-electron chi connectivity index (χ3n) is 4.37. The van der Waals surface area contributed by atoms with Gasteiger partial charge in [-0.1, -0.05) is 33.8 Å². The highest BCUT2D eigenvalue weighted by Crippen LogP contribution is 2.48. The number of thiophene rings is 1. The zero-order valence-electron chi connectivity index (χ0n) is 13.8. The minimum atomic E-state index is 0.234. The molecule has 1 aromatic heterocycles. The quantitative estimate of drug-likeness (QED) is 0.711. The third kappa shape index (κ3) is 3.17. The first-order valence-electron chi connectivity index (χ1n) is 8.27. The van der Waals surface area contributed by atoms with Gasteiger partial charge >= 0.3 is 0 Å². The Hall–Kier alpha value is -0.860. The first-order valence-corrected chi connectivity index (χ1v) is 9.09. The SMILES string of the molecule is CCCNCc1sc2ccc(C(C)(C)C)cc2c1C1CC1. The maximum absolute atomic E-state index is 3.59. The molecule has 1 saturated carbocycles. The first kappa shape index (κ1) is 15.1. The Bertz CT molecular complexity index is 629. The Morgan fingerprint density at radius 2 is 2.00 bits per heavy atom. The summed E-state index contributed by atoms with van der Waals surface area (Å²) in [5.74, 6) is 0.826. The van der Waals surface area contributed by atoms with E-state index in [0.717, 1.165) is 19.0 Å². The normalized spacial score (nSPS) is 15.8. The van der Waals surface area contributed by atoms with Gasteiger partial charge in [0.05, 0.1) is 0 Å². The summed E-state index contributed by atoms with van der Waals surface area (Å²) in [7, 11) is 0. The van der Waals surface area contributed by atoms with Gasteiger partial charge in [0.25, 0.3) is 0 Å². The molecule has 1 nitrogen and oxygen atoms in total. The van der Waals surface area contributed by atoms with Crippen LogP contribution in [0.4, 0.5) is 0 Å². The van der Waals surface area contributed by atoms with E-state index in [2.05, 4.69) is 51.2 Å². The van der Waals surface area contributed by atoms with Gasteiger partial charge in [-0.25, -0.2) is 0 Å². The molecule has 1 aliphatic rings. The maximum atomic E-state index is 3.59. The van der Waals surface area contributed by atoms with Crippen LogP contribution in [0.2, 0.25) is 0 Å². The Balaban J connectivity index is 2.02. The summed E-state index contributed by atoms with van der Waals surface area (Å²) < 4.78 is 1.47. The molecule has 2 aromatic rings. The van der Waals surface area contributed by atoms with E-state index in [1.54, 1.807) is 10.4 Å². The van der Waals surface area contributed by atoms with E-state index < -0.39 is 0 Å². The van der Waals surface area contributed by atoms with E-state index in [4.69, 9.17) is 0 Å². The van der Waals surface area contributed by atoms with Crippen LogP contribution >= 0.6 is 11.3 Å². The summed E-state index contributed by atoms with van der Waals surface area (Å²) in [6, 6.07) is 7.12. The minimum absolute atomic E-state index is 0.234. The lowest BCUT2D eigenvalue weighted by molar-refractivity contribution is 0.591. The zero-order chi connectivity index (χ0) is 15.0. The molecule has 1 aliphatic carbocycles. The number of nitrogens with one attached hydrogen (secondary N) is 1. The van der Waals surface area contributed by atoms with Gasteiger partial charge < -0.3 is 5.32 Å². The largest absolute Gasteiger partial charge is 0.312 e. The highest BCUT2D eigenvalue weighted by Gasteiger charge is 2.30. The summed E-state index contributed by atoms with van der Waals surface area (Å²) >= 11 is 2.00. The summed E-state index contributed by atoms with van der Waals surface area (Å²) in [5.41, 5.74) is 3.35. The summed E-state index contributed by atoms with van der Waals surface area (Å²) in [6.45, 7) is 11.3.